The highest BCUT2D eigenvalue weighted by molar-refractivity contribution is 7.84. The largest absolute Gasteiger partial charge is 0.355 e. The number of nitrogens with one attached hydrogen (secondary N) is 1. The van der Waals surface area contributed by atoms with Gasteiger partial charge in [0.1, 0.15) is 0 Å². The summed E-state index contributed by atoms with van der Waals surface area (Å²) >= 11 is 0. The SMILES string of the molecule is C=CCC(N)C(=O)NCCCS(C)=O. The van der Waals surface area contributed by atoms with Crippen LogP contribution in [0.3, 0.4) is 0 Å². The molecular weight excluding hydrogens is 200 g/mol. The van der Waals surface area contributed by atoms with E-state index in [-0.39, 0.29) is 5.91 Å². The lowest BCUT2D eigenvalue weighted by molar-refractivity contribution is -0.122. The Hall–Kier alpha value is -0.680. The summed E-state index contributed by atoms with van der Waals surface area (Å²) in [5.41, 5.74) is 5.53. The van der Waals surface area contributed by atoms with Gasteiger partial charge in [-0.05, 0) is 12.8 Å². The van der Waals surface area contributed by atoms with Crippen LogP contribution in [0.4, 0.5) is 0 Å². The van der Waals surface area contributed by atoms with Gasteiger partial charge in [0.25, 0.3) is 0 Å². The van der Waals surface area contributed by atoms with E-state index in [9.17, 15) is 9.00 Å². The quantitative estimate of drug-likeness (QED) is 0.458. The number of amides is 1. The molecule has 0 rings (SSSR count). The van der Waals surface area contributed by atoms with Gasteiger partial charge >= 0.3 is 0 Å². The van der Waals surface area contributed by atoms with E-state index in [1.54, 1.807) is 12.3 Å². The molecule has 0 radical (unpaired) electrons. The van der Waals surface area contributed by atoms with Crippen molar-refractivity contribution in [1.82, 2.24) is 5.32 Å². The highest BCUT2D eigenvalue weighted by atomic mass is 32.2. The summed E-state index contributed by atoms with van der Waals surface area (Å²) < 4.78 is 10.7. The van der Waals surface area contributed by atoms with E-state index in [0.29, 0.717) is 18.7 Å². The predicted molar refractivity (Wildman–Crippen MR) is 59.3 cm³/mol. The summed E-state index contributed by atoms with van der Waals surface area (Å²) in [4.78, 5) is 11.2. The van der Waals surface area contributed by atoms with E-state index in [4.69, 9.17) is 5.73 Å². The lowest BCUT2D eigenvalue weighted by atomic mass is 10.2. The first-order valence-corrected chi connectivity index (χ1v) is 6.25. The molecule has 2 unspecified atom stereocenters. The molecule has 0 aromatic rings. The Morgan fingerprint density at radius 1 is 1.71 bits per heavy atom. The van der Waals surface area contributed by atoms with Gasteiger partial charge in [-0.2, -0.15) is 0 Å². The summed E-state index contributed by atoms with van der Waals surface area (Å²) in [6.07, 6.45) is 4.46. The molecule has 0 aromatic heterocycles. The monoisotopic (exact) mass is 218 g/mol. The summed E-state index contributed by atoms with van der Waals surface area (Å²) in [6, 6.07) is -0.514. The van der Waals surface area contributed by atoms with E-state index >= 15 is 0 Å². The molecule has 0 aliphatic heterocycles. The Morgan fingerprint density at radius 2 is 2.36 bits per heavy atom. The Balaban J connectivity index is 3.53. The molecule has 0 saturated carbocycles. The van der Waals surface area contributed by atoms with Crippen molar-refractivity contribution in [2.24, 2.45) is 5.73 Å². The normalized spacial score (nSPS) is 14.4. The standard InChI is InChI=1S/C9H18N2O2S/c1-3-5-8(10)9(12)11-6-4-7-14(2)13/h3,8H,1,4-7,10H2,2H3,(H,11,12). The molecule has 0 aromatic carbocycles. The third-order valence-corrected chi connectivity index (χ3v) is 2.53. The first-order chi connectivity index (χ1) is 6.57. The van der Waals surface area contributed by atoms with Gasteiger partial charge < -0.3 is 11.1 Å². The van der Waals surface area contributed by atoms with Gasteiger partial charge in [-0.3, -0.25) is 9.00 Å². The number of nitrogens with two attached hydrogens (primary N) is 1. The van der Waals surface area contributed by atoms with Crippen LogP contribution in [-0.2, 0) is 15.6 Å². The molecule has 82 valence electrons. The zero-order valence-corrected chi connectivity index (χ0v) is 9.31. The highest BCUT2D eigenvalue weighted by Crippen LogP contribution is 1.89. The molecule has 0 bridgehead atoms. The molecule has 2 atom stereocenters. The summed E-state index contributed by atoms with van der Waals surface area (Å²) in [5, 5.41) is 2.68. The third kappa shape index (κ3) is 6.80. The zero-order valence-electron chi connectivity index (χ0n) is 8.49. The van der Waals surface area contributed by atoms with E-state index in [1.165, 1.54) is 0 Å². The molecule has 4 nitrogen and oxygen atoms in total. The van der Waals surface area contributed by atoms with Crippen molar-refractivity contribution in [3.63, 3.8) is 0 Å². The number of carbonyl (C=O) groups is 1. The van der Waals surface area contributed by atoms with Gasteiger partial charge in [0, 0.05) is 29.4 Å². The minimum atomic E-state index is -0.793. The van der Waals surface area contributed by atoms with Gasteiger partial charge in [-0.1, -0.05) is 6.08 Å². The zero-order chi connectivity index (χ0) is 11.0. The van der Waals surface area contributed by atoms with Gasteiger partial charge in [0.05, 0.1) is 6.04 Å². The van der Waals surface area contributed by atoms with Crippen molar-refractivity contribution in [2.75, 3.05) is 18.6 Å². The van der Waals surface area contributed by atoms with Crippen LogP contribution in [0.5, 0.6) is 0 Å². The molecule has 5 heteroatoms. The van der Waals surface area contributed by atoms with Gasteiger partial charge in [0.2, 0.25) is 5.91 Å². The molecule has 0 saturated heterocycles. The van der Waals surface area contributed by atoms with Crippen LogP contribution >= 0.6 is 0 Å². The van der Waals surface area contributed by atoms with Crippen molar-refractivity contribution in [3.8, 4) is 0 Å². The average molecular weight is 218 g/mol. The van der Waals surface area contributed by atoms with E-state index in [2.05, 4.69) is 11.9 Å². The smallest absolute Gasteiger partial charge is 0.237 e. The Bertz CT molecular complexity index is 219. The third-order valence-electron chi connectivity index (χ3n) is 1.67. The van der Waals surface area contributed by atoms with Crippen molar-refractivity contribution < 1.29 is 9.00 Å². The summed E-state index contributed by atoms with van der Waals surface area (Å²) in [7, 11) is -0.793. The molecule has 3 N–H and O–H groups in total. The first-order valence-electron chi connectivity index (χ1n) is 4.52. The summed E-state index contributed by atoms with van der Waals surface area (Å²) in [5.74, 6) is 0.434. The maximum Gasteiger partial charge on any atom is 0.237 e. The van der Waals surface area contributed by atoms with Crippen molar-refractivity contribution in [2.45, 2.75) is 18.9 Å². The topological polar surface area (TPSA) is 72.2 Å². The minimum absolute atomic E-state index is 0.174. The van der Waals surface area contributed by atoms with Crippen LogP contribution in [0.25, 0.3) is 0 Å². The minimum Gasteiger partial charge on any atom is -0.355 e. The van der Waals surface area contributed by atoms with Crippen LogP contribution in [0.1, 0.15) is 12.8 Å². The van der Waals surface area contributed by atoms with E-state index in [0.717, 1.165) is 6.42 Å². The molecule has 0 spiro atoms. The summed E-state index contributed by atoms with van der Waals surface area (Å²) in [6.45, 7) is 4.03. The van der Waals surface area contributed by atoms with E-state index < -0.39 is 16.8 Å². The first kappa shape index (κ1) is 13.3. The fraction of sp³-hybridized carbons (Fsp3) is 0.667. The van der Waals surface area contributed by atoms with Gasteiger partial charge in [-0.15, -0.1) is 6.58 Å². The van der Waals surface area contributed by atoms with Crippen molar-refractivity contribution in [3.05, 3.63) is 12.7 Å². The molecule has 0 heterocycles. The molecule has 1 amide bonds. The van der Waals surface area contributed by atoms with Crippen LogP contribution < -0.4 is 11.1 Å². The fourth-order valence-electron chi connectivity index (χ4n) is 0.905. The Morgan fingerprint density at radius 3 is 2.86 bits per heavy atom. The predicted octanol–water partition coefficient (Wildman–Crippen LogP) is -0.225. The van der Waals surface area contributed by atoms with Gasteiger partial charge in [-0.25, -0.2) is 0 Å². The fourth-order valence-corrected chi connectivity index (χ4v) is 1.46. The number of hydrogen-bond donors (Lipinski definition) is 2. The molecule has 0 aliphatic rings. The van der Waals surface area contributed by atoms with Crippen LogP contribution in [0.2, 0.25) is 0 Å². The maximum atomic E-state index is 11.2. The molecule has 0 fully saturated rings. The second kappa shape index (κ2) is 7.70. The molecule has 14 heavy (non-hydrogen) atoms. The highest BCUT2D eigenvalue weighted by Gasteiger charge is 2.09. The van der Waals surface area contributed by atoms with Crippen LogP contribution in [0.15, 0.2) is 12.7 Å². The lowest BCUT2D eigenvalue weighted by Gasteiger charge is -2.09. The van der Waals surface area contributed by atoms with E-state index in [1.807, 2.05) is 0 Å². The lowest BCUT2D eigenvalue weighted by Crippen LogP contribution is -2.40. The van der Waals surface area contributed by atoms with Crippen molar-refractivity contribution in [1.29, 1.82) is 0 Å². The Labute approximate surface area is 87.4 Å². The second-order valence-electron chi connectivity index (χ2n) is 3.05. The second-order valence-corrected chi connectivity index (χ2v) is 4.61. The van der Waals surface area contributed by atoms with Crippen LogP contribution in [0, 0.1) is 0 Å². The average Bonchev–Trinajstić information content (AvgIpc) is 2.12. The molecular formula is C9H18N2O2S. The number of carbonyl (C=O) groups excluding carboxylic acids is 1. The van der Waals surface area contributed by atoms with Gasteiger partial charge in [0.15, 0.2) is 0 Å². The van der Waals surface area contributed by atoms with Crippen molar-refractivity contribution >= 4 is 16.7 Å². The number of rotatable bonds is 7. The Kier molecular flexibility index (Phi) is 7.32. The number of hydrogen-bond acceptors (Lipinski definition) is 3. The van der Waals surface area contributed by atoms with Crippen LogP contribution in [-0.4, -0.2) is 34.7 Å². The maximum absolute atomic E-state index is 11.2. The molecule has 0 aliphatic carbocycles.